The van der Waals surface area contributed by atoms with E-state index in [0.29, 0.717) is 17.9 Å². The third-order valence-electron chi connectivity index (χ3n) is 7.51. The SMILES string of the molecule is CC(C)(C)c1ccc(N(C(=O)C2CC(O)CN2)C(C)(C(=O)NC2CCCCC2)c2cnccn2)cc1. The molecule has 36 heavy (non-hydrogen) atoms. The largest absolute Gasteiger partial charge is 0.392 e. The average molecular weight is 494 g/mol. The van der Waals surface area contributed by atoms with E-state index in [2.05, 4.69) is 41.4 Å². The van der Waals surface area contributed by atoms with Crippen molar-refractivity contribution in [2.45, 2.75) is 95.4 Å². The van der Waals surface area contributed by atoms with Crippen LogP contribution < -0.4 is 15.5 Å². The minimum Gasteiger partial charge on any atom is -0.392 e. The lowest BCUT2D eigenvalue weighted by Gasteiger charge is -2.41. The minimum atomic E-state index is -1.44. The Morgan fingerprint density at radius 2 is 1.75 bits per heavy atom. The summed E-state index contributed by atoms with van der Waals surface area (Å²) >= 11 is 0. The van der Waals surface area contributed by atoms with Crippen LogP contribution in [0.15, 0.2) is 42.9 Å². The van der Waals surface area contributed by atoms with Gasteiger partial charge in [0.25, 0.3) is 5.91 Å². The molecule has 0 radical (unpaired) electrons. The molecule has 3 atom stereocenters. The van der Waals surface area contributed by atoms with Gasteiger partial charge in [0.05, 0.1) is 24.0 Å². The Labute approximate surface area is 213 Å². The standard InChI is InChI=1S/C28H39N5O3/c1-27(2,3)19-10-12-21(13-11-19)33(25(35)23-16-22(34)17-31-23)28(4,24-18-29-14-15-30-24)26(36)32-20-8-6-5-7-9-20/h10-15,18,20,22-23,31,34H,5-9,16-17H2,1-4H3,(H,32,36). The maximum atomic E-state index is 14.1. The molecular weight excluding hydrogens is 454 g/mol. The van der Waals surface area contributed by atoms with Crippen molar-refractivity contribution in [3.8, 4) is 0 Å². The van der Waals surface area contributed by atoms with Crippen molar-refractivity contribution in [1.82, 2.24) is 20.6 Å². The molecule has 2 aromatic rings. The number of hydrogen-bond acceptors (Lipinski definition) is 6. The van der Waals surface area contributed by atoms with E-state index in [1.807, 2.05) is 24.3 Å². The van der Waals surface area contributed by atoms with Crippen LogP contribution in [0.2, 0.25) is 0 Å². The summed E-state index contributed by atoms with van der Waals surface area (Å²) in [5, 5.41) is 16.5. The van der Waals surface area contributed by atoms with Crippen molar-refractivity contribution in [1.29, 1.82) is 0 Å². The smallest absolute Gasteiger partial charge is 0.252 e. The molecule has 0 spiro atoms. The van der Waals surface area contributed by atoms with Crippen LogP contribution in [0, 0.1) is 0 Å². The number of rotatable bonds is 6. The van der Waals surface area contributed by atoms with Crippen LogP contribution in [-0.2, 0) is 20.5 Å². The van der Waals surface area contributed by atoms with E-state index in [9.17, 15) is 14.7 Å². The van der Waals surface area contributed by atoms with Crippen molar-refractivity contribution in [2.75, 3.05) is 11.4 Å². The molecule has 2 heterocycles. The Bertz CT molecular complexity index is 1050. The molecule has 1 saturated heterocycles. The second-order valence-electron chi connectivity index (χ2n) is 11.3. The van der Waals surface area contributed by atoms with Crippen molar-refractivity contribution < 1.29 is 14.7 Å². The second-order valence-corrected chi connectivity index (χ2v) is 11.3. The van der Waals surface area contributed by atoms with Crippen LogP contribution >= 0.6 is 0 Å². The molecule has 1 aromatic heterocycles. The molecule has 2 aliphatic rings. The Balaban J connectivity index is 1.80. The van der Waals surface area contributed by atoms with E-state index in [4.69, 9.17) is 0 Å². The molecule has 194 valence electrons. The zero-order chi connectivity index (χ0) is 25.9. The predicted molar refractivity (Wildman–Crippen MR) is 139 cm³/mol. The van der Waals surface area contributed by atoms with Gasteiger partial charge in [-0.1, -0.05) is 52.2 Å². The fourth-order valence-corrected chi connectivity index (χ4v) is 5.23. The lowest BCUT2D eigenvalue weighted by atomic mass is 9.86. The number of carbonyl (C=O) groups excluding carboxylic acids is 2. The summed E-state index contributed by atoms with van der Waals surface area (Å²) in [4.78, 5) is 38.5. The third-order valence-corrected chi connectivity index (χ3v) is 7.51. The Morgan fingerprint density at radius 3 is 2.31 bits per heavy atom. The van der Waals surface area contributed by atoms with Gasteiger partial charge in [0, 0.05) is 30.7 Å². The van der Waals surface area contributed by atoms with E-state index < -0.39 is 17.7 Å². The molecule has 8 nitrogen and oxygen atoms in total. The van der Waals surface area contributed by atoms with Crippen LogP contribution in [0.25, 0.3) is 0 Å². The number of aliphatic hydroxyl groups excluding tert-OH is 1. The number of β-amino-alcohol motifs (C(OH)–C–C–N with tert-alkyl or cyclic N) is 1. The lowest BCUT2D eigenvalue weighted by molar-refractivity contribution is -0.131. The molecule has 2 fully saturated rings. The summed E-state index contributed by atoms with van der Waals surface area (Å²) in [6.45, 7) is 8.49. The minimum absolute atomic E-state index is 0.0585. The molecule has 1 aliphatic carbocycles. The topological polar surface area (TPSA) is 107 Å². The maximum absolute atomic E-state index is 14.1. The van der Waals surface area contributed by atoms with E-state index in [1.165, 1.54) is 6.42 Å². The summed E-state index contributed by atoms with van der Waals surface area (Å²) in [6, 6.07) is 7.25. The van der Waals surface area contributed by atoms with Gasteiger partial charge < -0.3 is 15.7 Å². The highest BCUT2D eigenvalue weighted by Gasteiger charge is 2.49. The van der Waals surface area contributed by atoms with Crippen LogP contribution in [0.4, 0.5) is 5.69 Å². The first-order valence-corrected chi connectivity index (χ1v) is 13.0. The molecular formula is C28H39N5O3. The maximum Gasteiger partial charge on any atom is 0.252 e. The molecule has 3 unspecified atom stereocenters. The van der Waals surface area contributed by atoms with E-state index in [1.54, 1.807) is 30.4 Å². The summed E-state index contributed by atoms with van der Waals surface area (Å²) < 4.78 is 0. The van der Waals surface area contributed by atoms with Gasteiger partial charge >= 0.3 is 0 Å². The van der Waals surface area contributed by atoms with Gasteiger partial charge in [-0.25, -0.2) is 0 Å². The number of nitrogens with one attached hydrogen (secondary N) is 2. The molecule has 1 aromatic carbocycles. The van der Waals surface area contributed by atoms with Gasteiger partial charge in [-0.15, -0.1) is 0 Å². The number of aromatic nitrogens is 2. The summed E-state index contributed by atoms with van der Waals surface area (Å²) in [5.41, 5.74) is 0.618. The van der Waals surface area contributed by atoms with Crippen molar-refractivity contribution in [3.63, 3.8) is 0 Å². The number of amides is 2. The van der Waals surface area contributed by atoms with E-state index in [0.717, 1.165) is 31.2 Å². The molecule has 3 N–H and O–H groups in total. The average Bonchev–Trinajstić information content (AvgIpc) is 3.31. The number of hydrogen-bond donors (Lipinski definition) is 3. The van der Waals surface area contributed by atoms with Crippen LogP contribution in [0.1, 0.15) is 77.5 Å². The highest BCUT2D eigenvalue weighted by Crippen LogP contribution is 2.36. The van der Waals surface area contributed by atoms with Crippen LogP contribution in [0.3, 0.4) is 0 Å². The summed E-state index contributed by atoms with van der Waals surface area (Å²) in [7, 11) is 0. The number of nitrogens with zero attached hydrogens (tertiary/aromatic N) is 3. The fraction of sp³-hybridized carbons (Fsp3) is 0.571. The first-order valence-electron chi connectivity index (χ1n) is 13.0. The molecule has 2 amide bonds. The quantitative estimate of drug-likeness (QED) is 0.571. The molecule has 8 heteroatoms. The number of carbonyl (C=O) groups is 2. The Morgan fingerprint density at radius 1 is 1.06 bits per heavy atom. The number of anilines is 1. The van der Waals surface area contributed by atoms with Crippen LogP contribution in [0.5, 0.6) is 0 Å². The number of benzene rings is 1. The van der Waals surface area contributed by atoms with Gasteiger partial charge in [0.2, 0.25) is 5.91 Å². The second kappa shape index (κ2) is 10.6. The monoisotopic (exact) mass is 493 g/mol. The molecule has 4 rings (SSSR count). The summed E-state index contributed by atoms with van der Waals surface area (Å²) in [6.07, 6.45) is 9.52. The van der Waals surface area contributed by atoms with Gasteiger partial charge in [-0.05, 0) is 49.3 Å². The fourth-order valence-electron chi connectivity index (χ4n) is 5.23. The zero-order valence-electron chi connectivity index (χ0n) is 21.8. The van der Waals surface area contributed by atoms with Crippen molar-refractivity contribution in [3.05, 3.63) is 54.1 Å². The molecule has 1 saturated carbocycles. The summed E-state index contributed by atoms with van der Waals surface area (Å²) in [5.74, 6) is -0.552. The van der Waals surface area contributed by atoms with Crippen LogP contribution in [-0.4, -0.2) is 51.6 Å². The van der Waals surface area contributed by atoms with E-state index in [-0.39, 0.29) is 29.7 Å². The number of aliphatic hydroxyl groups is 1. The lowest BCUT2D eigenvalue weighted by Crippen LogP contribution is -2.61. The first-order chi connectivity index (χ1) is 17.1. The van der Waals surface area contributed by atoms with Gasteiger partial charge in [-0.2, -0.15) is 0 Å². The highest BCUT2D eigenvalue weighted by atomic mass is 16.3. The Kier molecular flexibility index (Phi) is 7.76. The normalized spacial score (nSPS) is 22.6. The molecule has 1 aliphatic heterocycles. The zero-order valence-corrected chi connectivity index (χ0v) is 21.8. The van der Waals surface area contributed by atoms with Gasteiger partial charge in [0.1, 0.15) is 0 Å². The van der Waals surface area contributed by atoms with Gasteiger partial charge in [0.15, 0.2) is 5.54 Å². The van der Waals surface area contributed by atoms with Crippen molar-refractivity contribution >= 4 is 17.5 Å². The van der Waals surface area contributed by atoms with E-state index >= 15 is 0 Å². The Hall–Kier alpha value is -2.84. The predicted octanol–water partition coefficient (Wildman–Crippen LogP) is 3.19. The van der Waals surface area contributed by atoms with Crippen molar-refractivity contribution in [2.24, 2.45) is 0 Å². The highest BCUT2D eigenvalue weighted by molar-refractivity contribution is 6.06. The van der Waals surface area contributed by atoms with Gasteiger partial charge in [-0.3, -0.25) is 24.5 Å². The third kappa shape index (κ3) is 5.44. The first kappa shape index (κ1) is 26.2. The molecule has 0 bridgehead atoms.